The van der Waals surface area contributed by atoms with E-state index >= 15 is 4.39 Å². The number of aliphatic hydroxyl groups excluding tert-OH is 2. The maximum absolute atomic E-state index is 17.1. The molecule has 3 saturated carbocycles. The van der Waals surface area contributed by atoms with Gasteiger partial charge in [-0.25, -0.2) is 4.39 Å². The van der Waals surface area contributed by atoms with Crippen molar-refractivity contribution in [3.63, 3.8) is 0 Å². The Morgan fingerprint density at radius 2 is 1.94 bits per heavy atom. The largest absolute Gasteiger partial charge is 0.390 e. The van der Waals surface area contributed by atoms with E-state index in [0.29, 0.717) is 19.3 Å². The van der Waals surface area contributed by atoms with Crippen molar-refractivity contribution in [2.75, 3.05) is 13.2 Å². The van der Waals surface area contributed by atoms with Gasteiger partial charge >= 0.3 is 0 Å². The molecular formula is C24H33FO7. The molecule has 7 nitrogen and oxygen atoms in total. The summed E-state index contributed by atoms with van der Waals surface area (Å²) in [7, 11) is 0. The number of aliphatic hydroxyl groups is 3. The smallest absolute Gasteiger partial charge is 0.192 e. The summed E-state index contributed by atoms with van der Waals surface area (Å²) in [4.78, 5) is 36.4. The van der Waals surface area contributed by atoms with Crippen LogP contribution in [0, 0.1) is 22.7 Å². The number of ether oxygens (including phenoxy) is 1. The van der Waals surface area contributed by atoms with Crippen LogP contribution >= 0.6 is 0 Å². The Kier molecular flexibility index (Phi) is 5.56. The van der Waals surface area contributed by atoms with E-state index < -0.39 is 58.5 Å². The van der Waals surface area contributed by atoms with Crippen molar-refractivity contribution in [1.82, 2.24) is 0 Å². The second-order valence-electron chi connectivity index (χ2n) is 10.7. The highest BCUT2D eigenvalue weighted by Gasteiger charge is 2.76. The van der Waals surface area contributed by atoms with Gasteiger partial charge in [0.1, 0.15) is 18.9 Å². The first kappa shape index (κ1) is 23.7. The van der Waals surface area contributed by atoms with E-state index in [9.17, 15) is 29.7 Å². The number of hydrogen-bond donors (Lipinski definition) is 3. The first-order chi connectivity index (χ1) is 14.9. The summed E-state index contributed by atoms with van der Waals surface area (Å²) in [5, 5.41) is 32.6. The molecule has 8 atom stereocenters. The number of rotatable bonds is 5. The van der Waals surface area contributed by atoms with Gasteiger partial charge in [-0.3, -0.25) is 14.4 Å². The molecule has 4 aliphatic carbocycles. The molecule has 0 heterocycles. The van der Waals surface area contributed by atoms with Crippen LogP contribution < -0.4 is 0 Å². The van der Waals surface area contributed by atoms with E-state index in [1.807, 2.05) is 0 Å². The standard InChI is InChI=1S/C24H33FO7/c1-13(27)12-32-20-9-17-16-5-4-14-8-15(28)6-7-21(14,2)23(16,25)18(29)10-22(17,3)24(20,31)19(30)11-26/h8,16-18,20,26,29,31H,4-7,9-12H2,1-3H3/t16-,17-,18-,20+,21-,22-,23?,24+/m0/s1. The van der Waals surface area contributed by atoms with Gasteiger partial charge in [0.2, 0.25) is 0 Å². The fourth-order valence-electron chi connectivity index (χ4n) is 7.59. The van der Waals surface area contributed by atoms with Gasteiger partial charge in [0.05, 0.1) is 12.2 Å². The lowest BCUT2D eigenvalue weighted by molar-refractivity contribution is -0.231. The number of fused-ring (bicyclic) bond motifs is 5. The monoisotopic (exact) mass is 452 g/mol. The van der Waals surface area contributed by atoms with Crippen LogP contribution in [0.2, 0.25) is 0 Å². The second kappa shape index (κ2) is 7.52. The van der Waals surface area contributed by atoms with E-state index in [1.54, 1.807) is 13.8 Å². The topological polar surface area (TPSA) is 121 Å². The molecule has 0 aromatic rings. The lowest BCUT2D eigenvalue weighted by Crippen LogP contribution is -2.70. The number of halogens is 1. The molecule has 0 aromatic heterocycles. The van der Waals surface area contributed by atoms with Crippen LogP contribution in [0.25, 0.3) is 0 Å². The number of ketones is 3. The van der Waals surface area contributed by atoms with E-state index in [1.165, 1.54) is 13.0 Å². The molecule has 1 unspecified atom stereocenters. The van der Waals surface area contributed by atoms with Crippen molar-refractivity contribution in [1.29, 1.82) is 0 Å². The average molecular weight is 453 g/mol. The zero-order valence-corrected chi connectivity index (χ0v) is 18.9. The quantitative estimate of drug-likeness (QED) is 0.577. The molecule has 0 amide bonds. The van der Waals surface area contributed by atoms with E-state index in [4.69, 9.17) is 4.74 Å². The maximum Gasteiger partial charge on any atom is 0.192 e. The molecule has 0 aliphatic heterocycles. The lowest BCUT2D eigenvalue weighted by Gasteiger charge is -2.63. The summed E-state index contributed by atoms with van der Waals surface area (Å²) in [6.45, 7) is 3.52. The van der Waals surface area contributed by atoms with Crippen LogP contribution in [0.1, 0.15) is 59.3 Å². The molecular weight excluding hydrogens is 419 g/mol. The molecule has 3 fully saturated rings. The molecule has 0 saturated heterocycles. The zero-order valence-electron chi connectivity index (χ0n) is 18.9. The third-order valence-electron chi connectivity index (χ3n) is 9.29. The van der Waals surface area contributed by atoms with Gasteiger partial charge in [-0.2, -0.15) is 0 Å². The van der Waals surface area contributed by atoms with Crippen molar-refractivity contribution < 1.29 is 38.8 Å². The zero-order chi connectivity index (χ0) is 23.7. The van der Waals surface area contributed by atoms with Crippen molar-refractivity contribution in [2.24, 2.45) is 22.7 Å². The number of Topliss-reactive ketones (excluding diaryl/α,β-unsaturated/α-hetero) is 2. The molecule has 32 heavy (non-hydrogen) atoms. The third-order valence-corrected chi connectivity index (χ3v) is 9.29. The highest BCUT2D eigenvalue weighted by molar-refractivity contribution is 5.92. The predicted molar refractivity (Wildman–Crippen MR) is 111 cm³/mol. The second-order valence-corrected chi connectivity index (χ2v) is 10.7. The number of alkyl halides is 1. The van der Waals surface area contributed by atoms with Crippen molar-refractivity contribution in [3.8, 4) is 0 Å². The molecule has 8 heteroatoms. The number of carbonyl (C=O) groups is 3. The third kappa shape index (κ3) is 2.82. The van der Waals surface area contributed by atoms with Gasteiger partial charge in [-0.05, 0) is 51.0 Å². The molecule has 4 rings (SSSR count). The predicted octanol–water partition coefficient (Wildman–Crippen LogP) is 1.46. The summed E-state index contributed by atoms with van der Waals surface area (Å²) in [5.74, 6) is -2.34. The maximum atomic E-state index is 17.1. The average Bonchev–Trinajstić information content (AvgIpc) is 2.95. The van der Waals surface area contributed by atoms with Gasteiger partial charge in [0.15, 0.2) is 23.0 Å². The van der Waals surface area contributed by atoms with Crippen LogP contribution in [0.4, 0.5) is 4.39 Å². The van der Waals surface area contributed by atoms with Gasteiger partial charge < -0.3 is 20.1 Å². The first-order valence-corrected chi connectivity index (χ1v) is 11.4. The highest BCUT2D eigenvalue weighted by atomic mass is 19.1. The van der Waals surface area contributed by atoms with Crippen LogP contribution in [0.5, 0.6) is 0 Å². The Morgan fingerprint density at radius 1 is 1.25 bits per heavy atom. The van der Waals surface area contributed by atoms with Crippen LogP contribution in [-0.2, 0) is 19.1 Å². The minimum atomic E-state index is -2.15. The molecule has 3 N–H and O–H groups in total. The van der Waals surface area contributed by atoms with E-state index in [-0.39, 0.29) is 37.4 Å². The van der Waals surface area contributed by atoms with Gasteiger partial charge in [-0.1, -0.05) is 19.4 Å². The Bertz CT molecular complexity index is 886. The Balaban J connectivity index is 1.80. The van der Waals surface area contributed by atoms with Crippen molar-refractivity contribution in [2.45, 2.75) is 82.8 Å². The van der Waals surface area contributed by atoms with E-state index in [2.05, 4.69) is 0 Å². The van der Waals surface area contributed by atoms with E-state index in [0.717, 1.165) is 5.57 Å². The summed E-state index contributed by atoms with van der Waals surface area (Å²) < 4.78 is 22.8. The normalized spacial score (nSPS) is 47.8. The first-order valence-electron chi connectivity index (χ1n) is 11.4. The summed E-state index contributed by atoms with van der Waals surface area (Å²) >= 11 is 0. The summed E-state index contributed by atoms with van der Waals surface area (Å²) in [6.07, 6.45) is 0.301. The highest BCUT2D eigenvalue weighted by Crippen LogP contribution is 2.70. The molecule has 178 valence electrons. The van der Waals surface area contributed by atoms with Gasteiger partial charge in [0.25, 0.3) is 0 Å². The molecule has 0 aromatic carbocycles. The molecule has 0 spiro atoms. The molecule has 0 bridgehead atoms. The Labute approximate surface area is 187 Å². The van der Waals surface area contributed by atoms with Crippen LogP contribution in [-0.4, -0.2) is 69.4 Å². The molecule has 4 aliphatic rings. The fraction of sp³-hybridized carbons (Fsp3) is 0.792. The minimum absolute atomic E-state index is 0.0313. The Hall–Kier alpha value is -1.48. The fourth-order valence-corrected chi connectivity index (χ4v) is 7.59. The van der Waals surface area contributed by atoms with Crippen LogP contribution in [0.15, 0.2) is 11.6 Å². The number of hydrogen-bond acceptors (Lipinski definition) is 7. The van der Waals surface area contributed by atoms with Crippen LogP contribution in [0.3, 0.4) is 0 Å². The van der Waals surface area contributed by atoms with Gasteiger partial charge in [0, 0.05) is 23.2 Å². The SMILES string of the molecule is CC(=O)CO[C@@H]1C[C@H]2[C@@H]3CCC4=CC(=O)CC[C@]4(C)C3(F)[C@@H](O)C[C@]2(C)[C@@]1(O)C(=O)CO. The summed E-state index contributed by atoms with van der Waals surface area (Å²) in [5.41, 5.74) is -5.71. The van der Waals surface area contributed by atoms with Crippen molar-refractivity contribution in [3.05, 3.63) is 11.6 Å². The number of carbonyl (C=O) groups excluding carboxylic acids is 3. The number of allylic oxidation sites excluding steroid dienone is 1. The summed E-state index contributed by atoms with van der Waals surface area (Å²) in [6, 6.07) is 0. The Morgan fingerprint density at radius 3 is 2.56 bits per heavy atom. The van der Waals surface area contributed by atoms with Gasteiger partial charge in [-0.15, -0.1) is 0 Å². The minimum Gasteiger partial charge on any atom is -0.390 e. The molecule has 0 radical (unpaired) electrons. The van der Waals surface area contributed by atoms with Crippen molar-refractivity contribution >= 4 is 17.3 Å². The lowest BCUT2D eigenvalue weighted by atomic mass is 9.44.